The molecule has 0 saturated carbocycles. The molecule has 0 aromatic carbocycles. The second kappa shape index (κ2) is 4.15. The van der Waals surface area contributed by atoms with Crippen LogP contribution < -0.4 is 0 Å². The van der Waals surface area contributed by atoms with Crippen molar-refractivity contribution in [1.29, 1.82) is 0 Å². The molecule has 16 heavy (non-hydrogen) atoms. The molecule has 2 aromatic rings. The average Bonchev–Trinajstić information content (AvgIpc) is 2.87. The predicted molar refractivity (Wildman–Crippen MR) is 52.6 cm³/mol. The molecule has 2 aromatic heterocycles. The van der Waals surface area contributed by atoms with Crippen molar-refractivity contribution in [3.63, 3.8) is 0 Å². The SMILES string of the molecule is O=[N+]([O-])c1cnn(Cc2ccc(CO)o2)c1. The third-order valence-corrected chi connectivity index (χ3v) is 2.02. The predicted octanol–water partition coefficient (Wildman–Crippen LogP) is 0.925. The molecule has 0 bridgehead atoms. The maximum absolute atomic E-state index is 10.4. The van der Waals surface area contributed by atoms with E-state index in [1.807, 2.05) is 0 Å². The summed E-state index contributed by atoms with van der Waals surface area (Å²) in [6.45, 7) is 0.132. The van der Waals surface area contributed by atoms with Crippen LogP contribution in [0.15, 0.2) is 28.9 Å². The molecular weight excluding hydrogens is 214 g/mol. The van der Waals surface area contributed by atoms with E-state index < -0.39 is 4.92 Å². The molecule has 2 heterocycles. The summed E-state index contributed by atoms with van der Waals surface area (Å²) in [6.07, 6.45) is 2.50. The second-order valence-electron chi connectivity index (χ2n) is 3.18. The van der Waals surface area contributed by atoms with Crippen LogP contribution in [0, 0.1) is 10.1 Å². The highest BCUT2D eigenvalue weighted by atomic mass is 16.6. The number of aromatic nitrogens is 2. The number of aliphatic hydroxyl groups excluding tert-OH is 1. The summed E-state index contributed by atoms with van der Waals surface area (Å²) in [5.41, 5.74) is -0.0612. The van der Waals surface area contributed by atoms with Gasteiger partial charge in [0.2, 0.25) is 0 Å². The fourth-order valence-electron chi connectivity index (χ4n) is 1.29. The van der Waals surface area contributed by atoms with Gasteiger partial charge in [0.1, 0.15) is 30.5 Å². The monoisotopic (exact) mass is 223 g/mol. The van der Waals surface area contributed by atoms with Crippen LogP contribution in [-0.4, -0.2) is 19.8 Å². The van der Waals surface area contributed by atoms with E-state index in [4.69, 9.17) is 9.52 Å². The number of hydrogen-bond donors (Lipinski definition) is 1. The molecule has 0 spiro atoms. The Labute approximate surface area is 90.1 Å². The van der Waals surface area contributed by atoms with E-state index in [0.29, 0.717) is 18.1 Å². The molecule has 0 saturated heterocycles. The minimum atomic E-state index is -0.509. The lowest BCUT2D eigenvalue weighted by Gasteiger charge is -1.96. The van der Waals surface area contributed by atoms with Crippen LogP contribution in [0.5, 0.6) is 0 Å². The summed E-state index contributed by atoms with van der Waals surface area (Å²) in [5, 5.41) is 23.0. The van der Waals surface area contributed by atoms with E-state index in [1.165, 1.54) is 17.1 Å². The van der Waals surface area contributed by atoms with Crippen molar-refractivity contribution in [2.45, 2.75) is 13.2 Å². The van der Waals surface area contributed by atoms with Gasteiger partial charge in [-0.2, -0.15) is 5.10 Å². The summed E-state index contributed by atoms with van der Waals surface area (Å²) in [4.78, 5) is 9.90. The van der Waals surface area contributed by atoms with Crippen LogP contribution >= 0.6 is 0 Å². The number of rotatable bonds is 4. The topological polar surface area (TPSA) is 94.3 Å². The summed E-state index contributed by atoms with van der Waals surface area (Å²) in [7, 11) is 0. The van der Waals surface area contributed by atoms with Gasteiger partial charge in [-0.05, 0) is 12.1 Å². The summed E-state index contributed by atoms with van der Waals surface area (Å²) < 4.78 is 6.63. The Morgan fingerprint density at radius 2 is 2.25 bits per heavy atom. The number of nitrogens with zero attached hydrogens (tertiary/aromatic N) is 3. The molecule has 0 amide bonds. The lowest BCUT2D eigenvalue weighted by molar-refractivity contribution is -0.385. The third-order valence-electron chi connectivity index (χ3n) is 2.02. The maximum atomic E-state index is 10.4. The zero-order valence-corrected chi connectivity index (χ0v) is 8.24. The van der Waals surface area contributed by atoms with E-state index in [2.05, 4.69) is 5.10 Å². The molecular formula is C9H9N3O4. The quantitative estimate of drug-likeness (QED) is 0.614. The Kier molecular flexibility index (Phi) is 2.69. The van der Waals surface area contributed by atoms with Gasteiger partial charge in [-0.15, -0.1) is 0 Å². The lowest BCUT2D eigenvalue weighted by atomic mass is 10.4. The third kappa shape index (κ3) is 2.09. The summed E-state index contributed by atoms with van der Waals surface area (Å²) in [6, 6.07) is 3.34. The normalized spacial score (nSPS) is 10.6. The van der Waals surface area contributed by atoms with Crippen molar-refractivity contribution >= 4 is 5.69 Å². The fraction of sp³-hybridized carbons (Fsp3) is 0.222. The van der Waals surface area contributed by atoms with Gasteiger partial charge < -0.3 is 9.52 Å². The highest BCUT2D eigenvalue weighted by Gasteiger charge is 2.10. The van der Waals surface area contributed by atoms with E-state index in [9.17, 15) is 10.1 Å². The van der Waals surface area contributed by atoms with Crippen molar-refractivity contribution in [3.8, 4) is 0 Å². The van der Waals surface area contributed by atoms with Gasteiger partial charge in [0, 0.05) is 0 Å². The molecule has 1 N–H and O–H groups in total. The molecule has 0 aliphatic rings. The first kappa shape index (κ1) is 10.4. The second-order valence-corrected chi connectivity index (χ2v) is 3.18. The molecule has 0 fully saturated rings. The van der Waals surface area contributed by atoms with Crippen molar-refractivity contribution in [2.24, 2.45) is 0 Å². The number of nitro groups is 1. The van der Waals surface area contributed by atoms with Crippen LogP contribution in [0.1, 0.15) is 11.5 Å². The minimum absolute atomic E-state index is 0.0612. The van der Waals surface area contributed by atoms with Crippen molar-refractivity contribution in [1.82, 2.24) is 9.78 Å². The highest BCUT2D eigenvalue weighted by Crippen LogP contribution is 2.12. The Bertz CT molecular complexity index is 502. The van der Waals surface area contributed by atoms with E-state index in [-0.39, 0.29) is 12.3 Å². The van der Waals surface area contributed by atoms with Gasteiger partial charge in [0.05, 0.1) is 11.5 Å². The molecule has 0 radical (unpaired) electrons. The number of aliphatic hydroxyl groups is 1. The zero-order chi connectivity index (χ0) is 11.5. The lowest BCUT2D eigenvalue weighted by Crippen LogP contribution is -1.98. The van der Waals surface area contributed by atoms with Gasteiger partial charge in [-0.1, -0.05) is 0 Å². The van der Waals surface area contributed by atoms with Crippen LogP contribution in [0.25, 0.3) is 0 Å². The van der Waals surface area contributed by atoms with Crippen LogP contribution in [0.2, 0.25) is 0 Å². The van der Waals surface area contributed by atoms with Crippen LogP contribution in [0.4, 0.5) is 5.69 Å². The minimum Gasteiger partial charge on any atom is -0.462 e. The Morgan fingerprint density at radius 3 is 2.81 bits per heavy atom. The van der Waals surface area contributed by atoms with Gasteiger partial charge in [-0.25, -0.2) is 0 Å². The summed E-state index contributed by atoms with van der Waals surface area (Å²) in [5.74, 6) is 1.04. The molecule has 84 valence electrons. The molecule has 7 nitrogen and oxygen atoms in total. The molecule has 0 aliphatic heterocycles. The van der Waals surface area contributed by atoms with E-state index in [1.54, 1.807) is 12.1 Å². The molecule has 0 atom stereocenters. The molecule has 0 unspecified atom stereocenters. The van der Waals surface area contributed by atoms with Crippen molar-refractivity contribution in [3.05, 3.63) is 46.2 Å². The Balaban J connectivity index is 2.11. The first-order valence-corrected chi connectivity index (χ1v) is 4.54. The zero-order valence-electron chi connectivity index (χ0n) is 8.24. The first-order chi connectivity index (χ1) is 7.69. The maximum Gasteiger partial charge on any atom is 0.307 e. The highest BCUT2D eigenvalue weighted by molar-refractivity contribution is 5.21. The van der Waals surface area contributed by atoms with Gasteiger partial charge in [0.25, 0.3) is 0 Å². The Hall–Kier alpha value is -2.15. The fourth-order valence-corrected chi connectivity index (χ4v) is 1.29. The van der Waals surface area contributed by atoms with Crippen LogP contribution in [-0.2, 0) is 13.2 Å². The summed E-state index contributed by atoms with van der Waals surface area (Å²) >= 11 is 0. The first-order valence-electron chi connectivity index (χ1n) is 4.54. The van der Waals surface area contributed by atoms with Crippen molar-refractivity contribution < 1.29 is 14.4 Å². The molecule has 2 rings (SSSR count). The number of furan rings is 1. The van der Waals surface area contributed by atoms with Gasteiger partial charge >= 0.3 is 5.69 Å². The molecule has 0 aliphatic carbocycles. The van der Waals surface area contributed by atoms with E-state index >= 15 is 0 Å². The van der Waals surface area contributed by atoms with E-state index in [0.717, 1.165) is 0 Å². The smallest absolute Gasteiger partial charge is 0.307 e. The number of hydrogen-bond acceptors (Lipinski definition) is 5. The molecule has 7 heteroatoms. The standard InChI is InChI=1S/C9H9N3O4/c13-6-9-2-1-8(16-9)5-11-4-7(3-10-11)12(14)15/h1-4,13H,5-6H2. The van der Waals surface area contributed by atoms with Gasteiger partial charge in [0.15, 0.2) is 0 Å². The van der Waals surface area contributed by atoms with Crippen LogP contribution in [0.3, 0.4) is 0 Å². The Morgan fingerprint density at radius 1 is 1.50 bits per heavy atom. The largest absolute Gasteiger partial charge is 0.462 e. The van der Waals surface area contributed by atoms with Gasteiger partial charge in [-0.3, -0.25) is 14.8 Å². The van der Waals surface area contributed by atoms with Crippen molar-refractivity contribution in [2.75, 3.05) is 0 Å². The average molecular weight is 223 g/mol.